The normalized spacial score (nSPS) is 10.1. The van der Waals surface area contributed by atoms with Crippen LogP contribution in [-0.2, 0) is 0 Å². The van der Waals surface area contributed by atoms with Gasteiger partial charge in [-0.05, 0) is 17.6 Å². The lowest BCUT2D eigenvalue weighted by molar-refractivity contribution is 1.23. The van der Waals surface area contributed by atoms with Gasteiger partial charge in [0.2, 0.25) is 0 Å². The van der Waals surface area contributed by atoms with Gasteiger partial charge in [-0.3, -0.25) is 0 Å². The highest BCUT2D eigenvalue weighted by molar-refractivity contribution is 5.70. The van der Waals surface area contributed by atoms with Gasteiger partial charge in [0.05, 0.1) is 0 Å². The Hall–Kier alpha value is -1.61. The van der Waals surface area contributed by atoms with Crippen molar-refractivity contribution in [1.82, 2.24) is 0 Å². The summed E-state index contributed by atoms with van der Waals surface area (Å²) in [6.07, 6.45) is 2.82. The summed E-state index contributed by atoms with van der Waals surface area (Å²) in [5.41, 5.74) is 7.88. The van der Waals surface area contributed by atoms with Gasteiger partial charge in [0.25, 0.3) is 0 Å². The summed E-state index contributed by atoms with van der Waals surface area (Å²) in [6.45, 7) is 5.08. The van der Waals surface area contributed by atoms with Gasteiger partial charge in [-0.2, -0.15) is 0 Å². The Bertz CT molecular complexity index is 208. The number of hydrogen-bond donors (Lipinski definition) is 0. The van der Waals surface area contributed by atoms with Gasteiger partial charge in [-0.15, -0.1) is 0 Å². The molecule has 0 fully saturated rings. The molecule has 0 saturated heterocycles. The first-order valence-electron chi connectivity index (χ1n) is 2.55. The third-order valence-electron chi connectivity index (χ3n) is 0.583. The lowest BCUT2D eigenvalue weighted by Gasteiger charge is -1.80. The van der Waals surface area contributed by atoms with Crippen LogP contribution in [0.25, 0.3) is 10.4 Å². The molecule has 0 rings (SSSR count). The molecular formula is C5H7N5. The molecule has 0 atom stereocenters. The third kappa shape index (κ3) is 4.55. The summed E-state index contributed by atoms with van der Waals surface area (Å²) < 4.78 is 0. The molecule has 0 aromatic heterocycles. The van der Waals surface area contributed by atoms with Crippen LogP contribution in [0.1, 0.15) is 6.92 Å². The molecule has 0 spiro atoms. The lowest BCUT2D eigenvalue weighted by Crippen LogP contribution is -1.68. The van der Waals surface area contributed by atoms with Gasteiger partial charge < -0.3 is 0 Å². The average molecular weight is 137 g/mol. The van der Waals surface area contributed by atoms with Crippen molar-refractivity contribution < 1.29 is 0 Å². The molecule has 52 valence electrons. The minimum atomic E-state index is 0.105. The third-order valence-corrected chi connectivity index (χ3v) is 0.583. The van der Waals surface area contributed by atoms with Crippen molar-refractivity contribution >= 4 is 12.6 Å². The van der Waals surface area contributed by atoms with Crippen molar-refractivity contribution in [2.45, 2.75) is 6.92 Å². The van der Waals surface area contributed by atoms with Crippen molar-refractivity contribution in [2.75, 3.05) is 0 Å². The van der Waals surface area contributed by atoms with E-state index < -0.39 is 0 Å². The predicted octanol–water partition coefficient (Wildman–Crippen LogP) is 1.89. The molecule has 0 aliphatic heterocycles. The SMILES string of the molecule is C=C(N=CN=CC)N=[N+]=[N-]. The summed E-state index contributed by atoms with van der Waals surface area (Å²) in [4.78, 5) is 9.67. The predicted molar refractivity (Wildman–Crippen MR) is 40.9 cm³/mol. The Kier molecular flexibility index (Phi) is 4.64. The molecule has 0 bridgehead atoms. The molecule has 0 aliphatic rings. The fraction of sp³-hybridized carbons (Fsp3) is 0.200. The van der Waals surface area contributed by atoms with E-state index in [1.165, 1.54) is 6.34 Å². The van der Waals surface area contributed by atoms with Crippen LogP contribution in [0.2, 0.25) is 0 Å². The van der Waals surface area contributed by atoms with E-state index in [4.69, 9.17) is 5.53 Å². The van der Waals surface area contributed by atoms with E-state index in [2.05, 4.69) is 26.6 Å². The molecule has 0 heterocycles. The maximum Gasteiger partial charge on any atom is 0.121 e. The summed E-state index contributed by atoms with van der Waals surface area (Å²) in [6, 6.07) is 0. The molecule has 0 aliphatic carbocycles. The molecule has 0 radical (unpaired) electrons. The number of rotatable bonds is 3. The minimum Gasteiger partial charge on any atom is -0.250 e. The van der Waals surface area contributed by atoms with Crippen molar-refractivity contribution in [2.24, 2.45) is 15.1 Å². The summed E-state index contributed by atoms with van der Waals surface area (Å²) >= 11 is 0. The molecule has 5 heteroatoms. The van der Waals surface area contributed by atoms with E-state index in [0.717, 1.165) is 0 Å². The molecule has 0 saturated carbocycles. The van der Waals surface area contributed by atoms with Crippen molar-refractivity contribution in [3.63, 3.8) is 0 Å². The van der Waals surface area contributed by atoms with Crippen LogP contribution < -0.4 is 0 Å². The van der Waals surface area contributed by atoms with E-state index in [1.807, 2.05) is 0 Å². The molecular weight excluding hydrogens is 130 g/mol. The Balaban J connectivity index is 3.89. The fourth-order valence-corrected chi connectivity index (χ4v) is 0.244. The van der Waals surface area contributed by atoms with Crippen LogP contribution in [-0.4, -0.2) is 12.6 Å². The van der Waals surface area contributed by atoms with E-state index in [1.54, 1.807) is 13.1 Å². The monoisotopic (exact) mass is 137 g/mol. The van der Waals surface area contributed by atoms with Gasteiger partial charge in [0.1, 0.15) is 12.2 Å². The van der Waals surface area contributed by atoms with Crippen molar-refractivity contribution in [1.29, 1.82) is 0 Å². The molecule has 5 nitrogen and oxygen atoms in total. The first-order chi connectivity index (χ1) is 4.81. The van der Waals surface area contributed by atoms with Gasteiger partial charge in [0, 0.05) is 11.1 Å². The van der Waals surface area contributed by atoms with E-state index in [0.29, 0.717) is 0 Å². The van der Waals surface area contributed by atoms with E-state index >= 15 is 0 Å². The Morgan fingerprint density at radius 1 is 1.70 bits per heavy atom. The largest absolute Gasteiger partial charge is 0.250 e. The minimum absolute atomic E-state index is 0.105. The topological polar surface area (TPSA) is 73.5 Å². The quantitative estimate of drug-likeness (QED) is 0.187. The maximum absolute atomic E-state index is 7.88. The Morgan fingerprint density at radius 3 is 2.90 bits per heavy atom. The molecule has 0 unspecified atom stereocenters. The summed E-state index contributed by atoms with van der Waals surface area (Å²) in [5, 5.41) is 3.11. The van der Waals surface area contributed by atoms with Gasteiger partial charge >= 0.3 is 0 Å². The number of hydrogen-bond acceptors (Lipinski definition) is 2. The van der Waals surface area contributed by atoms with E-state index in [-0.39, 0.29) is 5.82 Å². The molecule has 10 heavy (non-hydrogen) atoms. The average Bonchev–Trinajstić information content (AvgIpc) is 1.89. The number of nitrogens with zero attached hydrogens (tertiary/aromatic N) is 5. The second-order valence-electron chi connectivity index (χ2n) is 1.26. The highest BCUT2D eigenvalue weighted by Crippen LogP contribution is 1.91. The van der Waals surface area contributed by atoms with Crippen LogP contribution in [0, 0.1) is 0 Å². The number of aliphatic imine (C=N–C) groups is 2. The highest BCUT2D eigenvalue weighted by Gasteiger charge is 1.76. The molecule has 0 aromatic rings. The van der Waals surface area contributed by atoms with Gasteiger partial charge in [0.15, 0.2) is 0 Å². The number of azide groups is 1. The maximum atomic E-state index is 7.88. The lowest BCUT2D eigenvalue weighted by atomic mass is 10.8. The van der Waals surface area contributed by atoms with Crippen LogP contribution in [0.5, 0.6) is 0 Å². The molecule has 0 aromatic carbocycles. The van der Waals surface area contributed by atoms with Crippen LogP contribution in [0.3, 0.4) is 0 Å². The second kappa shape index (κ2) is 5.53. The first kappa shape index (κ1) is 8.39. The standard InChI is InChI=1S/C5H7N5/c1-3-7-4-8-5(2)9-10-6/h3-4H,2H2,1H3. The highest BCUT2D eigenvalue weighted by atomic mass is 15.2. The summed E-state index contributed by atoms with van der Waals surface area (Å²) in [7, 11) is 0. The molecule has 0 N–H and O–H groups in total. The zero-order valence-corrected chi connectivity index (χ0v) is 5.60. The van der Waals surface area contributed by atoms with E-state index in [9.17, 15) is 0 Å². The Morgan fingerprint density at radius 2 is 2.40 bits per heavy atom. The molecule has 0 amide bonds. The van der Waals surface area contributed by atoms with Gasteiger partial charge in [-0.1, -0.05) is 6.58 Å². The van der Waals surface area contributed by atoms with Crippen molar-refractivity contribution in [3.8, 4) is 0 Å². The smallest absolute Gasteiger partial charge is 0.121 e. The Labute approximate surface area is 58.4 Å². The van der Waals surface area contributed by atoms with Crippen molar-refractivity contribution in [3.05, 3.63) is 22.8 Å². The second-order valence-corrected chi connectivity index (χ2v) is 1.26. The zero-order chi connectivity index (χ0) is 7.82. The fourth-order valence-electron chi connectivity index (χ4n) is 0.244. The summed E-state index contributed by atoms with van der Waals surface area (Å²) in [5.74, 6) is 0.105. The van der Waals surface area contributed by atoms with Crippen LogP contribution in [0.15, 0.2) is 27.5 Å². The first-order valence-corrected chi connectivity index (χ1v) is 2.55. The van der Waals surface area contributed by atoms with Crippen LogP contribution >= 0.6 is 0 Å². The zero-order valence-electron chi connectivity index (χ0n) is 5.60. The van der Waals surface area contributed by atoms with Crippen LogP contribution in [0.4, 0.5) is 0 Å². The van der Waals surface area contributed by atoms with Gasteiger partial charge in [-0.25, -0.2) is 9.98 Å².